The summed E-state index contributed by atoms with van der Waals surface area (Å²) in [6.07, 6.45) is 1.57. The van der Waals surface area contributed by atoms with Gasteiger partial charge >= 0.3 is 0 Å². The van der Waals surface area contributed by atoms with E-state index in [1.807, 2.05) is 25.1 Å². The van der Waals surface area contributed by atoms with Gasteiger partial charge in [0.25, 0.3) is 5.91 Å². The molecule has 140 valence electrons. The van der Waals surface area contributed by atoms with E-state index in [1.165, 1.54) is 16.7 Å². The van der Waals surface area contributed by atoms with E-state index >= 15 is 0 Å². The van der Waals surface area contributed by atoms with Crippen molar-refractivity contribution in [3.63, 3.8) is 0 Å². The topological polar surface area (TPSA) is 95.3 Å². The number of benzene rings is 1. The van der Waals surface area contributed by atoms with Gasteiger partial charge in [0.2, 0.25) is 5.91 Å². The Hall–Kier alpha value is -2.63. The summed E-state index contributed by atoms with van der Waals surface area (Å²) < 4.78 is 5.43. The van der Waals surface area contributed by atoms with Gasteiger partial charge in [-0.15, -0.1) is 11.8 Å². The van der Waals surface area contributed by atoms with E-state index in [1.54, 1.807) is 12.3 Å². The summed E-state index contributed by atoms with van der Waals surface area (Å²) >= 11 is 1.53. The molecule has 1 atom stereocenters. The minimum Gasteiger partial charge on any atom is -0.377 e. The zero-order chi connectivity index (χ0) is 19.2. The zero-order valence-electron chi connectivity index (χ0n) is 15.0. The minimum atomic E-state index is -0.428. The summed E-state index contributed by atoms with van der Waals surface area (Å²) in [5.74, 6) is 0.486. The van der Waals surface area contributed by atoms with E-state index in [-0.39, 0.29) is 18.4 Å². The van der Waals surface area contributed by atoms with Crippen molar-refractivity contribution >= 4 is 34.5 Å². The number of thioether (sulfide) groups is 1. The lowest BCUT2D eigenvalue weighted by molar-refractivity contribution is -0.129. The highest BCUT2D eigenvalue weighted by Crippen LogP contribution is 2.21. The molecule has 1 N–H and O–H groups in total. The van der Waals surface area contributed by atoms with Crippen LogP contribution in [0.4, 0.5) is 0 Å². The number of pyridine rings is 1. The summed E-state index contributed by atoms with van der Waals surface area (Å²) in [5.41, 5.74) is 2.11. The van der Waals surface area contributed by atoms with Crippen LogP contribution in [0.15, 0.2) is 30.5 Å². The molecule has 1 saturated heterocycles. The Bertz CT molecular complexity index is 896. The van der Waals surface area contributed by atoms with Gasteiger partial charge in [0.05, 0.1) is 36.2 Å². The van der Waals surface area contributed by atoms with Crippen molar-refractivity contribution in [2.75, 3.05) is 24.8 Å². The molecule has 0 saturated carbocycles. The number of hydrogen-bond acceptors (Lipinski definition) is 6. The molecule has 1 unspecified atom stereocenters. The molecule has 0 bridgehead atoms. The number of rotatable bonds is 6. The average molecular weight is 384 g/mol. The van der Waals surface area contributed by atoms with Gasteiger partial charge in [-0.1, -0.05) is 6.07 Å². The van der Waals surface area contributed by atoms with Gasteiger partial charge in [-0.3, -0.25) is 14.6 Å². The number of amides is 2. The summed E-state index contributed by atoms with van der Waals surface area (Å²) in [6.45, 7) is 2.86. The first kappa shape index (κ1) is 19.1. The van der Waals surface area contributed by atoms with Crippen molar-refractivity contribution in [2.24, 2.45) is 0 Å². The number of hydrogen-bond donors (Lipinski definition) is 1. The lowest BCUT2D eigenvalue weighted by Crippen LogP contribution is -2.42. The molecule has 1 fully saturated rings. The Morgan fingerprint density at radius 3 is 3.07 bits per heavy atom. The molecule has 2 heterocycles. The molecule has 0 spiro atoms. The van der Waals surface area contributed by atoms with Gasteiger partial charge in [-0.05, 0) is 30.7 Å². The highest BCUT2D eigenvalue weighted by Gasteiger charge is 2.29. The molecule has 27 heavy (non-hydrogen) atoms. The van der Waals surface area contributed by atoms with Crippen LogP contribution in [0.1, 0.15) is 22.8 Å². The molecule has 3 rings (SSSR count). The van der Waals surface area contributed by atoms with Crippen LogP contribution in [0.25, 0.3) is 10.9 Å². The molecule has 2 aromatic rings. The van der Waals surface area contributed by atoms with E-state index in [0.717, 1.165) is 5.56 Å². The normalized spacial score (nSPS) is 16.3. The number of nitrogens with zero attached hydrogens (tertiary/aromatic N) is 3. The van der Waals surface area contributed by atoms with Gasteiger partial charge in [0.15, 0.2) is 0 Å². The minimum absolute atomic E-state index is 0.139. The Morgan fingerprint density at radius 2 is 2.30 bits per heavy atom. The maximum absolute atomic E-state index is 12.6. The predicted molar refractivity (Wildman–Crippen MR) is 103 cm³/mol. The summed E-state index contributed by atoms with van der Waals surface area (Å²) in [4.78, 5) is 30.7. The predicted octanol–water partition coefficient (Wildman–Crippen LogP) is 1.93. The quantitative estimate of drug-likeness (QED) is 0.818. The second-order valence-electron chi connectivity index (χ2n) is 6.04. The standard InChI is InChI=1S/C19H20N4O3S/c1-2-26-10-13-3-4-17-16(7-13)15(5-6-21-17)19(25)22-9-18(24)23-12-27-11-14(23)8-20/h3-7,14H,2,9-12H2,1H3,(H,22,25). The summed E-state index contributed by atoms with van der Waals surface area (Å²) in [7, 11) is 0. The van der Waals surface area contributed by atoms with Crippen molar-refractivity contribution in [3.8, 4) is 6.07 Å². The summed E-state index contributed by atoms with van der Waals surface area (Å²) in [5, 5.41) is 12.5. The number of nitriles is 1. The van der Waals surface area contributed by atoms with Crippen LogP contribution in [-0.4, -0.2) is 52.5 Å². The van der Waals surface area contributed by atoms with Crippen LogP contribution in [0.5, 0.6) is 0 Å². The van der Waals surface area contributed by atoms with Gasteiger partial charge in [-0.2, -0.15) is 5.26 Å². The van der Waals surface area contributed by atoms with E-state index in [4.69, 9.17) is 10.00 Å². The molecule has 1 aromatic carbocycles. The van der Waals surface area contributed by atoms with Crippen molar-refractivity contribution < 1.29 is 14.3 Å². The molecule has 0 radical (unpaired) electrons. The van der Waals surface area contributed by atoms with E-state index in [2.05, 4.69) is 16.4 Å². The van der Waals surface area contributed by atoms with Crippen LogP contribution in [0.3, 0.4) is 0 Å². The fourth-order valence-electron chi connectivity index (χ4n) is 2.85. The van der Waals surface area contributed by atoms with Gasteiger partial charge in [-0.25, -0.2) is 0 Å². The van der Waals surface area contributed by atoms with Crippen LogP contribution in [-0.2, 0) is 16.1 Å². The van der Waals surface area contributed by atoms with Crippen LogP contribution < -0.4 is 5.32 Å². The van der Waals surface area contributed by atoms with Crippen molar-refractivity contribution in [3.05, 3.63) is 41.6 Å². The fourth-order valence-corrected chi connectivity index (χ4v) is 3.95. The Balaban J connectivity index is 1.73. The number of carbonyl (C=O) groups is 2. The maximum atomic E-state index is 12.6. The lowest BCUT2D eigenvalue weighted by atomic mass is 10.1. The molecule has 0 aliphatic carbocycles. The van der Waals surface area contributed by atoms with Gasteiger partial charge in [0, 0.05) is 23.9 Å². The van der Waals surface area contributed by atoms with Gasteiger partial charge < -0.3 is 15.0 Å². The zero-order valence-corrected chi connectivity index (χ0v) is 15.8. The molecule has 7 nitrogen and oxygen atoms in total. The molecule has 1 aliphatic heterocycles. The first-order valence-electron chi connectivity index (χ1n) is 8.64. The molecular weight excluding hydrogens is 364 g/mol. The molecule has 1 aromatic heterocycles. The van der Waals surface area contributed by atoms with Crippen molar-refractivity contribution in [1.29, 1.82) is 5.26 Å². The third-order valence-corrected chi connectivity index (χ3v) is 5.29. The number of fused-ring (bicyclic) bond motifs is 1. The van der Waals surface area contributed by atoms with Crippen LogP contribution >= 0.6 is 11.8 Å². The Morgan fingerprint density at radius 1 is 1.44 bits per heavy atom. The SMILES string of the molecule is CCOCc1ccc2nccc(C(=O)NCC(=O)N3CSCC3C#N)c2c1. The third-order valence-electron chi connectivity index (χ3n) is 4.28. The van der Waals surface area contributed by atoms with Crippen molar-refractivity contribution in [2.45, 2.75) is 19.6 Å². The van der Waals surface area contributed by atoms with E-state index in [9.17, 15) is 9.59 Å². The first-order valence-corrected chi connectivity index (χ1v) is 9.80. The second kappa shape index (κ2) is 8.84. The number of nitrogens with one attached hydrogen (secondary N) is 1. The van der Waals surface area contributed by atoms with Crippen LogP contribution in [0, 0.1) is 11.3 Å². The number of ether oxygens (including phenoxy) is 1. The molecule has 1 aliphatic rings. The maximum Gasteiger partial charge on any atom is 0.252 e. The number of aromatic nitrogens is 1. The molecule has 8 heteroatoms. The Kier molecular flexibility index (Phi) is 6.27. The largest absolute Gasteiger partial charge is 0.377 e. The van der Waals surface area contributed by atoms with Gasteiger partial charge in [0.1, 0.15) is 6.04 Å². The fraction of sp³-hybridized carbons (Fsp3) is 0.368. The first-order chi connectivity index (χ1) is 13.1. The highest BCUT2D eigenvalue weighted by atomic mass is 32.2. The average Bonchev–Trinajstić information content (AvgIpc) is 3.18. The lowest BCUT2D eigenvalue weighted by Gasteiger charge is -2.18. The van der Waals surface area contributed by atoms with E-state index < -0.39 is 6.04 Å². The molecule has 2 amide bonds. The summed E-state index contributed by atoms with van der Waals surface area (Å²) in [6, 6.07) is 8.98. The molecular formula is C19H20N4O3S. The van der Waals surface area contributed by atoms with Crippen molar-refractivity contribution in [1.82, 2.24) is 15.2 Å². The highest BCUT2D eigenvalue weighted by molar-refractivity contribution is 7.99. The Labute approximate surface area is 161 Å². The monoisotopic (exact) mass is 384 g/mol. The second-order valence-corrected chi connectivity index (χ2v) is 7.04. The third kappa shape index (κ3) is 4.38. The smallest absolute Gasteiger partial charge is 0.252 e. The van der Waals surface area contributed by atoms with Crippen LogP contribution in [0.2, 0.25) is 0 Å². The van der Waals surface area contributed by atoms with E-state index in [0.29, 0.717) is 41.3 Å². The number of carbonyl (C=O) groups excluding carboxylic acids is 2.